The Bertz CT molecular complexity index is 491. The van der Waals surface area contributed by atoms with Crippen LogP contribution in [0.25, 0.3) is 0 Å². The fourth-order valence-corrected chi connectivity index (χ4v) is 4.20. The lowest BCUT2D eigenvalue weighted by Gasteiger charge is -2.15. The Morgan fingerprint density at radius 2 is 2.18 bits per heavy atom. The van der Waals surface area contributed by atoms with E-state index in [0.717, 1.165) is 10.5 Å². The lowest BCUT2D eigenvalue weighted by Crippen LogP contribution is -2.27. The zero-order chi connectivity index (χ0) is 13.1. The smallest absolute Gasteiger partial charge is 0.252 e. The molecule has 0 fully saturated rings. The first kappa shape index (κ1) is 14.4. The normalized spacial score (nSPS) is 12.0. The summed E-state index contributed by atoms with van der Waals surface area (Å²) in [4.78, 5) is 0.995. The van der Waals surface area contributed by atoms with Gasteiger partial charge in [-0.1, -0.05) is 12.2 Å². The molecule has 1 rings (SSSR count). The molecular weight excluding hydrogens is 256 g/mol. The molecule has 17 heavy (non-hydrogen) atoms. The zero-order valence-electron chi connectivity index (χ0n) is 10.1. The number of nitrogens with two attached hydrogens (primary N) is 1. The van der Waals surface area contributed by atoms with Crippen molar-refractivity contribution in [3.8, 4) is 0 Å². The SMILES string of the molecule is C=C(C)CN(C)S(=O)(=O)c1ccc(CCN)s1. The molecule has 0 unspecified atom stereocenters. The van der Waals surface area contributed by atoms with Gasteiger partial charge in [0.1, 0.15) is 4.21 Å². The summed E-state index contributed by atoms with van der Waals surface area (Å²) in [5.74, 6) is 0. The van der Waals surface area contributed by atoms with Gasteiger partial charge in [0.25, 0.3) is 10.0 Å². The van der Waals surface area contributed by atoms with Gasteiger partial charge in [-0.2, -0.15) is 4.31 Å². The van der Waals surface area contributed by atoms with Crippen LogP contribution >= 0.6 is 11.3 Å². The molecule has 1 aromatic heterocycles. The van der Waals surface area contributed by atoms with E-state index in [4.69, 9.17) is 5.73 Å². The van der Waals surface area contributed by atoms with E-state index in [1.165, 1.54) is 15.6 Å². The molecule has 0 bridgehead atoms. The van der Waals surface area contributed by atoms with Crippen molar-refractivity contribution in [1.82, 2.24) is 4.31 Å². The van der Waals surface area contributed by atoms with Crippen LogP contribution in [0.5, 0.6) is 0 Å². The molecule has 4 nitrogen and oxygen atoms in total. The highest BCUT2D eigenvalue weighted by atomic mass is 32.2. The number of hydrogen-bond donors (Lipinski definition) is 1. The molecule has 0 spiro atoms. The van der Waals surface area contributed by atoms with Crippen molar-refractivity contribution in [2.45, 2.75) is 17.6 Å². The summed E-state index contributed by atoms with van der Waals surface area (Å²) in [7, 11) is -1.82. The van der Waals surface area contributed by atoms with Crippen LogP contribution in [0.1, 0.15) is 11.8 Å². The maximum Gasteiger partial charge on any atom is 0.252 e. The van der Waals surface area contributed by atoms with Crippen LogP contribution in [0.2, 0.25) is 0 Å². The molecule has 0 aromatic carbocycles. The third-order valence-electron chi connectivity index (χ3n) is 2.18. The van der Waals surface area contributed by atoms with Gasteiger partial charge in [-0.05, 0) is 32.0 Å². The largest absolute Gasteiger partial charge is 0.330 e. The van der Waals surface area contributed by atoms with E-state index in [2.05, 4.69) is 6.58 Å². The van der Waals surface area contributed by atoms with Crippen LogP contribution in [-0.4, -0.2) is 32.9 Å². The Hall–Kier alpha value is -0.690. The summed E-state index contributed by atoms with van der Waals surface area (Å²) in [6.07, 6.45) is 0.713. The topological polar surface area (TPSA) is 63.4 Å². The first-order chi connectivity index (χ1) is 7.87. The fourth-order valence-electron chi connectivity index (χ4n) is 1.39. The quantitative estimate of drug-likeness (QED) is 0.799. The lowest BCUT2D eigenvalue weighted by molar-refractivity contribution is 0.495. The minimum Gasteiger partial charge on any atom is -0.330 e. The van der Waals surface area contributed by atoms with Gasteiger partial charge >= 0.3 is 0 Å². The van der Waals surface area contributed by atoms with E-state index in [-0.39, 0.29) is 0 Å². The summed E-state index contributed by atoms with van der Waals surface area (Å²) in [5.41, 5.74) is 6.25. The third-order valence-corrected chi connectivity index (χ3v) is 5.60. The maximum absolute atomic E-state index is 12.1. The molecule has 0 aliphatic heterocycles. The average molecular weight is 274 g/mol. The first-order valence-electron chi connectivity index (χ1n) is 5.27. The van der Waals surface area contributed by atoms with E-state index >= 15 is 0 Å². The van der Waals surface area contributed by atoms with Crippen molar-refractivity contribution in [3.63, 3.8) is 0 Å². The van der Waals surface area contributed by atoms with Crippen molar-refractivity contribution >= 4 is 21.4 Å². The number of hydrogen-bond acceptors (Lipinski definition) is 4. The van der Waals surface area contributed by atoms with Crippen molar-refractivity contribution in [1.29, 1.82) is 0 Å². The molecule has 0 saturated carbocycles. The molecule has 0 amide bonds. The van der Waals surface area contributed by atoms with Crippen LogP contribution in [0.15, 0.2) is 28.5 Å². The molecule has 1 aromatic rings. The van der Waals surface area contributed by atoms with E-state index < -0.39 is 10.0 Å². The van der Waals surface area contributed by atoms with Gasteiger partial charge in [-0.15, -0.1) is 11.3 Å². The second kappa shape index (κ2) is 5.77. The average Bonchev–Trinajstić information content (AvgIpc) is 2.66. The van der Waals surface area contributed by atoms with Crippen molar-refractivity contribution in [2.75, 3.05) is 20.1 Å². The van der Waals surface area contributed by atoms with Crippen LogP contribution in [0.4, 0.5) is 0 Å². The monoisotopic (exact) mass is 274 g/mol. The molecule has 0 saturated heterocycles. The van der Waals surface area contributed by atoms with Gasteiger partial charge in [0.2, 0.25) is 0 Å². The zero-order valence-corrected chi connectivity index (χ0v) is 11.8. The molecular formula is C11H18N2O2S2. The molecule has 96 valence electrons. The number of thiophene rings is 1. The van der Waals surface area contributed by atoms with Crippen LogP contribution < -0.4 is 5.73 Å². The fraction of sp³-hybridized carbons (Fsp3) is 0.455. The van der Waals surface area contributed by atoms with Gasteiger partial charge in [0.05, 0.1) is 0 Å². The van der Waals surface area contributed by atoms with Crippen LogP contribution in [0.3, 0.4) is 0 Å². The Labute approximate surface area is 107 Å². The van der Waals surface area contributed by atoms with Gasteiger partial charge in [0, 0.05) is 18.5 Å². The minimum atomic E-state index is -3.38. The number of sulfonamides is 1. The highest BCUT2D eigenvalue weighted by molar-refractivity contribution is 7.91. The third kappa shape index (κ3) is 3.64. The summed E-state index contributed by atoms with van der Waals surface area (Å²) in [5, 5.41) is 0. The van der Waals surface area contributed by atoms with E-state index in [1.54, 1.807) is 20.0 Å². The van der Waals surface area contributed by atoms with Gasteiger partial charge in [0.15, 0.2) is 0 Å². The predicted molar refractivity (Wildman–Crippen MR) is 71.7 cm³/mol. The molecule has 1 heterocycles. The second-order valence-corrected chi connectivity index (χ2v) is 7.42. The molecule has 0 atom stereocenters. The lowest BCUT2D eigenvalue weighted by atomic mass is 10.3. The first-order valence-corrected chi connectivity index (χ1v) is 7.53. The van der Waals surface area contributed by atoms with E-state index in [0.29, 0.717) is 23.7 Å². The molecule has 0 radical (unpaired) electrons. The van der Waals surface area contributed by atoms with E-state index in [1.807, 2.05) is 6.07 Å². The molecule has 6 heteroatoms. The van der Waals surface area contributed by atoms with Crippen LogP contribution in [-0.2, 0) is 16.4 Å². The Morgan fingerprint density at radius 1 is 1.53 bits per heavy atom. The van der Waals surface area contributed by atoms with Crippen LogP contribution in [0, 0.1) is 0 Å². The van der Waals surface area contributed by atoms with Gasteiger partial charge < -0.3 is 5.73 Å². The number of nitrogens with zero attached hydrogens (tertiary/aromatic N) is 1. The number of rotatable bonds is 6. The molecule has 2 N–H and O–H groups in total. The van der Waals surface area contributed by atoms with Crippen molar-refractivity contribution in [3.05, 3.63) is 29.2 Å². The summed E-state index contributed by atoms with van der Waals surface area (Å²) in [6.45, 7) is 6.39. The van der Waals surface area contributed by atoms with E-state index in [9.17, 15) is 8.42 Å². The van der Waals surface area contributed by atoms with Gasteiger partial charge in [-0.25, -0.2) is 8.42 Å². The summed E-state index contributed by atoms with van der Waals surface area (Å²) >= 11 is 1.28. The Morgan fingerprint density at radius 3 is 2.71 bits per heavy atom. The Balaban J connectivity index is 2.92. The van der Waals surface area contributed by atoms with Crippen molar-refractivity contribution < 1.29 is 8.42 Å². The Kier molecular flexibility index (Phi) is 4.88. The summed E-state index contributed by atoms with van der Waals surface area (Å²) in [6, 6.07) is 3.46. The number of likely N-dealkylation sites (N-methyl/N-ethyl adjacent to an activating group) is 1. The maximum atomic E-state index is 12.1. The van der Waals surface area contributed by atoms with Crippen molar-refractivity contribution in [2.24, 2.45) is 5.73 Å². The molecule has 0 aliphatic carbocycles. The predicted octanol–water partition coefficient (Wildman–Crippen LogP) is 1.45. The second-order valence-electron chi connectivity index (χ2n) is 3.98. The highest BCUT2D eigenvalue weighted by Crippen LogP contribution is 2.24. The summed E-state index contributed by atoms with van der Waals surface area (Å²) < 4.78 is 26.0. The standard InChI is InChI=1S/C11H18N2O2S2/c1-9(2)8-13(3)17(14,15)11-5-4-10(16-11)6-7-12/h4-5H,1,6-8,12H2,2-3H3. The minimum absolute atomic E-state index is 0.340. The highest BCUT2D eigenvalue weighted by Gasteiger charge is 2.22. The molecule has 0 aliphatic rings. The van der Waals surface area contributed by atoms with Gasteiger partial charge in [-0.3, -0.25) is 0 Å².